The number of hydrogen-bond acceptors (Lipinski definition) is 4. The second-order valence-electron chi connectivity index (χ2n) is 4.74. The maximum Gasteiger partial charge on any atom is 0.302 e. The fraction of sp³-hybridized carbons (Fsp3) is 0.583. The molecule has 6 nitrogen and oxygen atoms in total. The van der Waals surface area contributed by atoms with Gasteiger partial charge in [0.25, 0.3) is 0 Å². The monoisotopic (exact) mass is 285 g/mol. The molecule has 0 bridgehead atoms. The van der Waals surface area contributed by atoms with Gasteiger partial charge in [0.15, 0.2) is 0 Å². The minimum absolute atomic E-state index is 0.146. The summed E-state index contributed by atoms with van der Waals surface area (Å²) >= 11 is 0. The van der Waals surface area contributed by atoms with Crippen molar-refractivity contribution in [1.29, 1.82) is 0 Å². The van der Waals surface area contributed by atoms with Gasteiger partial charge in [-0.3, -0.25) is 9.71 Å². The fourth-order valence-corrected chi connectivity index (χ4v) is 3.68. The Balaban J connectivity index is 2.14. The summed E-state index contributed by atoms with van der Waals surface area (Å²) in [6.45, 7) is 2.14. The molecule has 1 unspecified atom stereocenters. The third-order valence-electron chi connectivity index (χ3n) is 3.25. The number of nitrogens with one attached hydrogen (secondary N) is 1. The highest BCUT2D eigenvalue weighted by Crippen LogP contribution is 2.21. The predicted molar refractivity (Wildman–Crippen MR) is 72.9 cm³/mol. The van der Waals surface area contributed by atoms with E-state index in [1.807, 2.05) is 6.92 Å². The molecule has 0 saturated carbocycles. The smallest absolute Gasteiger partial charge is 0.302 e. The number of aliphatic hydroxyl groups excluding tert-OH is 1. The maximum atomic E-state index is 12.3. The molecule has 19 heavy (non-hydrogen) atoms. The normalized spacial score (nSPS) is 21.3. The van der Waals surface area contributed by atoms with Gasteiger partial charge in [-0.15, -0.1) is 0 Å². The lowest BCUT2D eigenvalue weighted by atomic mass is 10.1. The number of piperidine rings is 1. The number of aliphatic hydroxyl groups is 1. The van der Waals surface area contributed by atoms with Crippen LogP contribution in [0.4, 0.5) is 5.69 Å². The average molecular weight is 285 g/mol. The number of aryl methyl sites for hydroxylation is 1. The summed E-state index contributed by atoms with van der Waals surface area (Å²) in [7, 11) is -3.63. The summed E-state index contributed by atoms with van der Waals surface area (Å²) < 4.78 is 28.4. The van der Waals surface area contributed by atoms with Crippen LogP contribution in [0.3, 0.4) is 0 Å². The first kappa shape index (κ1) is 14.2. The van der Waals surface area contributed by atoms with Crippen molar-refractivity contribution in [2.75, 3.05) is 17.9 Å². The van der Waals surface area contributed by atoms with Crippen LogP contribution < -0.4 is 4.72 Å². The lowest BCUT2D eigenvalue weighted by Crippen LogP contribution is -2.47. The van der Waals surface area contributed by atoms with Gasteiger partial charge in [0.05, 0.1) is 18.5 Å². The highest BCUT2D eigenvalue weighted by atomic mass is 32.2. The van der Waals surface area contributed by atoms with E-state index >= 15 is 0 Å². The standard InChI is InChI=1S/C12H19N3O3S/c1-10-5-6-11(8-13-10)14-19(17,18)15-7-3-2-4-12(15)9-16/h5-6,8,12,14,16H,2-4,7,9H2,1H3. The molecule has 7 heteroatoms. The minimum Gasteiger partial charge on any atom is -0.395 e. The molecule has 1 fully saturated rings. The summed E-state index contributed by atoms with van der Waals surface area (Å²) in [5.74, 6) is 0. The Kier molecular flexibility index (Phi) is 4.38. The van der Waals surface area contributed by atoms with Crippen LogP contribution in [0.1, 0.15) is 25.0 Å². The van der Waals surface area contributed by atoms with Gasteiger partial charge in [-0.2, -0.15) is 12.7 Å². The first-order chi connectivity index (χ1) is 9.03. The number of aromatic nitrogens is 1. The van der Waals surface area contributed by atoms with Crippen LogP contribution in [0, 0.1) is 6.92 Å². The van der Waals surface area contributed by atoms with E-state index in [0.29, 0.717) is 18.7 Å². The van der Waals surface area contributed by atoms with Gasteiger partial charge in [-0.1, -0.05) is 6.42 Å². The van der Waals surface area contributed by atoms with E-state index in [9.17, 15) is 13.5 Å². The van der Waals surface area contributed by atoms with Crippen molar-refractivity contribution in [2.45, 2.75) is 32.2 Å². The molecule has 0 amide bonds. The average Bonchev–Trinajstić information content (AvgIpc) is 2.41. The first-order valence-electron chi connectivity index (χ1n) is 6.36. The number of hydrogen-bond donors (Lipinski definition) is 2. The van der Waals surface area contributed by atoms with E-state index < -0.39 is 10.2 Å². The van der Waals surface area contributed by atoms with Gasteiger partial charge in [-0.25, -0.2) is 0 Å². The van der Waals surface area contributed by atoms with Crippen LogP contribution >= 0.6 is 0 Å². The van der Waals surface area contributed by atoms with E-state index in [-0.39, 0.29) is 12.6 Å². The molecule has 1 aromatic rings. The van der Waals surface area contributed by atoms with Crippen molar-refractivity contribution in [2.24, 2.45) is 0 Å². The minimum atomic E-state index is -3.63. The van der Waals surface area contributed by atoms with Crippen molar-refractivity contribution in [3.8, 4) is 0 Å². The van der Waals surface area contributed by atoms with Crippen LogP contribution in [0.5, 0.6) is 0 Å². The van der Waals surface area contributed by atoms with Gasteiger partial charge >= 0.3 is 10.2 Å². The SMILES string of the molecule is Cc1ccc(NS(=O)(=O)N2CCCCC2CO)cn1. The molecule has 1 aromatic heterocycles. The zero-order valence-corrected chi connectivity index (χ0v) is 11.7. The molecule has 0 aromatic carbocycles. The van der Waals surface area contributed by atoms with Crippen LogP contribution in [0.25, 0.3) is 0 Å². The molecule has 2 N–H and O–H groups in total. The second kappa shape index (κ2) is 5.85. The second-order valence-corrected chi connectivity index (χ2v) is 6.36. The molecule has 0 spiro atoms. The Morgan fingerprint density at radius 3 is 2.89 bits per heavy atom. The molecule has 0 radical (unpaired) electrons. The molecule has 1 atom stereocenters. The molecule has 106 valence electrons. The largest absolute Gasteiger partial charge is 0.395 e. The summed E-state index contributed by atoms with van der Waals surface area (Å²) in [4.78, 5) is 4.05. The third-order valence-corrected chi connectivity index (χ3v) is 4.84. The summed E-state index contributed by atoms with van der Waals surface area (Å²) in [5, 5.41) is 9.28. The van der Waals surface area contributed by atoms with Crippen LogP contribution in [-0.2, 0) is 10.2 Å². The van der Waals surface area contributed by atoms with E-state index in [4.69, 9.17) is 0 Å². The van der Waals surface area contributed by atoms with Crippen LogP contribution in [0.15, 0.2) is 18.3 Å². The molecular formula is C12H19N3O3S. The zero-order chi connectivity index (χ0) is 13.9. The van der Waals surface area contributed by atoms with E-state index in [1.54, 1.807) is 12.1 Å². The van der Waals surface area contributed by atoms with Gasteiger partial charge in [-0.05, 0) is 31.9 Å². The van der Waals surface area contributed by atoms with E-state index in [0.717, 1.165) is 18.5 Å². The topological polar surface area (TPSA) is 82.5 Å². The Hall–Kier alpha value is -1.18. The molecule has 2 heterocycles. The van der Waals surface area contributed by atoms with Crippen molar-refractivity contribution < 1.29 is 13.5 Å². The maximum absolute atomic E-state index is 12.3. The van der Waals surface area contributed by atoms with Gasteiger partial charge in [0.1, 0.15) is 0 Å². The number of pyridine rings is 1. The summed E-state index contributed by atoms with van der Waals surface area (Å²) in [6.07, 6.45) is 3.96. The van der Waals surface area contributed by atoms with E-state index in [2.05, 4.69) is 9.71 Å². The Bertz CT molecular complexity index is 516. The van der Waals surface area contributed by atoms with Crippen molar-refractivity contribution in [1.82, 2.24) is 9.29 Å². The van der Waals surface area contributed by atoms with Gasteiger partial charge in [0.2, 0.25) is 0 Å². The number of anilines is 1. The summed E-state index contributed by atoms with van der Waals surface area (Å²) in [6, 6.07) is 3.10. The Morgan fingerprint density at radius 2 is 2.26 bits per heavy atom. The van der Waals surface area contributed by atoms with Crippen LogP contribution in [0.2, 0.25) is 0 Å². The number of nitrogens with zero attached hydrogens (tertiary/aromatic N) is 2. The van der Waals surface area contributed by atoms with Crippen molar-refractivity contribution in [3.05, 3.63) is 24.0 Å². The zero-order valence-electron chi connectivity index (χ0n) is 10.9. The highest BCUT2D eigenvalue weighted by Gasteiger charge is 2.31. The Labute approximate surface area is 113 Å². The number of rotatable bonds is 4. The van der Waals surface area contributed by atoms with Crippen molar-refractivity contribution in [3.63, 3.8) is 0 Å². The van der Waals surface area contributed by atoms with Gasteiger partial charge < -0.3 is 5.11 Å². The molecule has 1 aliphatic heterocycles. The fourth-order valence-electron chi connectivity index (χ4n) is 2.21. The first-order valence-corrected chi connectivity index (χ1v) is 7.80. The van der Waals surface area contributed by atoms with Gasteiger partial charge in [0, 0.05) is 18.3 Å². The third kappa shape index (κ3) is 3.43. The highest BCUT2D eigenvalue weighted by molar-refractivity contribution is 7.90. The molecule has 1 saturated heterocycles. The molecule has 1 aliphatic rings. The lowest BCUT2D eigenvalue weighted by Gasteiger charge is -2.33. The summed E-state index contributed by atoms with van der Waals surface area (Å²) in [5.41, 5.74) is 1.27. The molecule has 0 aliphatic carbocycles. The Morgan fingerprint density at radius 1 is 1.47 bits per heavy atom. The van der Waals surface area contributed by atoms with Crippen molar-refractivity contribution >= 4 is 15.9 Å². The van der Waals surface area contributed by atoms with E-state index in [1.165, 1.54) is 10.5 Å². The molecular weight excluding hydrogens is 266 g/mol. The quantitative estimate of drug-likeness (QED) is 0.861. The van der Waals surface area contributed by atoms with Crippen LogP contribution in [-0.4, -0.2) is 42.0 Å². The lowest BCUT2D eigenvalue weighted by molar-refractivity contribution is 0.156. The molecule has 2 rings (SSSR count). The predicted octanol–water partition coefficient (Wildman–Crippen LogP) is 0.894.